The van der Waals surface area contributed by atoms with Crippen molar-refractivity contribution in [1.82, 2.24) is 4.90 Å². The van der Waals surface area contributed by atoms with Crippen molar-refractivity contribution in [1.29, 1.82) is 0 Å². The van der Waals surface area contributed by atoms with E-state index in [9.17, 15) is 9.18 Å². The van der Waals surface area contributed by atoms with Crippen LogP contribution >= 0.6 is 0 Å². The second kappa shape index (κ2) is 8.67. The number of hydrogen-bond donors (Lipinski definition) is 1. The van der Waals surface area contributed by atoms with Crippen molar-refractivity contribution >= 4 is 17.3 Å². The normalized spacial score (nSPS) is 14.9. The summed E-state index contributed by atoms with van der Waals surface area (Å²) in [5.41, 5.74) is 1.31. The van der Waals surface area contributed by atoms with E-state index in [0.29, 0.717) is 6.61 Å². The van der Waals surface area contributed by atoms with E-state index in [1.165, 1.54) is 6.07 Å². The van der Waals surface area contributed by atoms with Gasteiger partial charge in [0, 0.05) is 26.2 Å². The summed E-state index contributed by atoms with van der Waals surface area (Å²) >= 11 is 0. The number of carbonyl (C=O) groups excluding carboxylic acids is 1. The van der Waals surface area contributed by atoms with Gasteiger partial charge < -0.3 is 15.0 Å². The van der Waals surface area contributed by atoms with Gasteiger partial charge in [-0.15, -0.1) is 0 Å². The van der Waals surface area contributed by atoms with Crippen LogP contribution in [0, 0.1) is 5.82 Å². The number of nitrogens with one attached hydrogen (secondary N) is 1. The van der Waals surface area contributed by atoms with Crippen LogP contribution in [0.15, 0.2) is 48.5 Å². The molecule has 0 saturated carbocycles. The first-order valence-corrected chi connectivity index (χ1v) is 8.91. The lowest BCUT2D eigenvalue weighted by molar-refractivity contribution is -0.117. The number of halogens is 1. The highest BCUT2D eigenvalue weighted by molar-refractivity contribution is 5.92. The summed E-state index contributed by atoms with van der Waals surface area (Å²) in [5, 5.41) is 2.64. The third kappa shape index (κ3) is 4.52. The molecule has 0 atom stereocenters. The van der Waals surface area contributed by atoms with Gasteiger partial charge in [-0.3, -0.25) is 9.69 Å². The van der Waals surface area contributed by atoms with Crippen LogP contribution in [0.4, 0.5) is 15.8 Å². The zero-order valence-corrected chi connectivity index (χ0v) is 15.0. The molecule has 0 spiro atoms. The van der Waals surface area contributed by atoms with Crippen LogP contribution < -0.4 is 15.0 Å². The molecule has 1 heterocycles. The molecule has 6 heteroatoms. The van der Waals surface area contributed by atoms with Crippen LogP contribution in [-0.2, 0) is 4.79 Å². The number of benzene rings is 2. The van der Waals surface area contributed by atoms with Gasteiger partial charge in [-0.1, -0.05) is 24.3 Å². The minimum Gasteiger partial charge on any atom is -0.492 e. The van der Waals surface area contributed by atoms with Crippen molar-refractivity contribution in [2.45, 2.75) is 6.92 Å². The van der Waals surface area contributed by atoms with Crippen LogP contribution in [-0.4, -0.2) is 50.1 Å². The SMILES string of the molecule is CCOc1ccccc1N1CCN(CC(=O)Nc2ccccc2F)CC1. The van der Waals surface area contributed by atoms with E-state index in [1.807, 2.05) is 25.1 Å². The second-order valence-electron chi connectivity index (χ2n) is 6.19. The Labute approximate surface area is 153 Å². The van der Waals surface area contributed by atoms with Gasteiger partial charge >= 0.3 is 0 Å². The molecule has 138 valence electrons. The van der Waals surface area contributed by atoms with Crippen molar-refractivity contribution in [3.63, 3.8) is 0 Å². The molecule has 0 radical (unpaired) electrons. The number of anilines is 2. The van der Waals surface area contributed by atoms with Gasteiger partial charge in [-0.05, 0) is 31.2 Å². The minimum absolute atomic E-state index is 0.196. The predicted molar refractivity (Wildman–Crippen MR) is 101 cm³/mol. The zero-order chi connectivity index (χ0) is 18.4. The van der Waals surface area contributed by atoms with E-state index in [0.717, 1.165) is 37.6 Å². The number of nitrogens with zero attached hydrogens (tertiary/aromatic N) is 2. The maximum absolute atomic E-state index is 13.6. The van der Waals surface area contributed by atoms with E-state index in [-0.39, 0.29) is 18.1 Å². The lowest BCUT2D eigenvalue weighted by atomic mass is 10.2. The fraction of sp³-hybridized carbons (Fsp3) is 0.350. The Morgan fingerprint density at radius 3 is 2.50 bits per heavy atom. The number of amides is 1. The van der Waals surface area contributed by atoms with Crippen molar-refractivity contribution in [2.75, 3.05) is 49.5 Å². The van der Waals surface area contributed by atoms with E-state index >= 15 is 0 Å². The average Bonchev–Trinajstić information content (AvgIpc) is 2.65. The van der Waals surface area contributed by atoms with Gasteiger partial charge in [-0.2, -0.15) is 0 Å². The number of rotatable bonds is 6. The standard InChI is InChI=1S/C20H24FN3O2/c1-2-26-19-10-6-5-9-18(19)24-13-11-23(12-14-24)15-20(25)22-17-8-4-3-7-16(17)21/h3-10H,2,11-15H2,1H3,(H,22,25). The predicted octanol–water partition coefficient (Wildman–Crippen LogP) is 2.99. The molecule has 2 aromatic rings. The number of ether oxygens (including phenoxy) is 1. The average molecular weight is 357 g/mol. The Morgan fingerprint density at radius 1 is 1.08 bits per heavy atom. The van der Waals surface area contributed by atoms with E-state index in [2.05, 4.69) is 21.2 Å². The fourth-order valence-corrected chi connectivity index (χ4v) is 3.10. The highest BCUT2D eigenvalue weighted by Crippen LogP contribution is 2.28. The molecule has 0 aliphatic carbocycles. The van der Waals surface area contributed by atoms with Crippen LogP contribution in [0.1, 0.15) is 6.92 Å². The van der Waals surface area contributed by atoms with Crippen LogP contribution in [0.2, 0.25) is 0 Å². The summed E-state index contributed by atoms with van der Waals surface area (Å²) < 4.78 is 19.3. The number of carbonyl (C=O) groups is 1. The first kappa shape index (κ1) is 18.2. The number of para-hydroxylation sites is 3. The Morgan fingerprint density at radius 2 is 1.77 bits per heavy atom. The molecular formula is C20H24FN3O2. The molecule has 5 nitrogen and oxygen atoms in total. The summed E-state index contributed by atoms with van der Waals surface area (Å²) in [7, 11) is 0. The monoisotopic (exact) mass is 357 g/mol. The van der Waals surface area contributed by atoms with Gasteiger partial charge in [0.15, 0.2) is 0 Å². The number of hydrogen-bond acceptors (Lipinski definition) is 4. The largest absolute Gasteiger partial charge is 0.492 e. The molecule has 1 aliphatic heterocycles. The Balaban J connectivity index is 1.53. The van der Waals surface area contributed by atoms with E-state index < -0.39 is 5.82 Å². The summed E-state index contributed by atoms with van der Waals surface area (Å²) in [5.74, 6) is 0.275. The maximum atomic E-state index is 13.6. The van der Waals surface area contributed by atoms with Gasteiger partial charge in [0.2, 0.25) is 5.91 Å². The molecule has 1 saturated heterocycles. The lowest BCUT2D eigenvalue weighted by Crippen LogP contribution is -2.48. The number of piperazine rings is 1. The first-order valence-electron chi connectivity index (χ1n) is 8.91. The highest BCUT2D eigenvalue weighted by Gasteiger charge is 2.21. The molecule has 26 heavy (non-hydrogen) atoms. The Bertz CT molecular complexity index is 745. The van der Waals surface area contributed by atoms with E-state index in [1.54, 1.807) is 18.2 Å². The smallest absolute Gasteiger partial charge is 0.238 e. The van der Waals surface area contributed by atoms with Crippen molar-refractivity contribution < 1.29 is 13.9 Å². The van der Waals surface area contributed by atoms with Crippen LogP contribution in [0.25, 0.3) is 0 Å². The summed E-state index contributed by atoms with van der Waals surface area (Å²) in [4.78, 5) is 16.5. The summed E-state index contributed by atoms with van der Waals surface area (Å²) in [6.45, 7) is 6.04. The summed E-state index contributed by atoms with van der Waals surface area (Å²) in [6, 6.07) is 14.2. The highest BCUT2D eigenvalue weighted by atomic mass is 19.1. The Kier molecular flexibility index (Phi) is 6.07. The zero-order valence-electron chi connectivity index (χ0n) is 15.0. The molecule has 1 N–H and O–H groups in total. The van der Waals surface area contributed by atoms with Crippen LogP contribution in [0.5, 0.6) is 5.75 Å². The molecule has 1 aliphatic rings. The van der Waals surface area contributed by atoms with Gasteiger partial charge in [-0.25, -0.2) is 4.39 Å². The molecule has 0 unspecified atom stereocenters. The first-order chi connectivity index (χ1) is 12.7. The quantitative estimate of drug-likeness (QED) is 0.863. The van der Waals surface area contributed by atoms with Crippen molar-refractivity contribution in [3.05, 3.63) is 54.3 Å². The molecule has 2 aromatic carbocycles. The third-order valence-electron chi connectivity index (χ3n) is 4.39. The van der Waals surface area contributed by atoms with Crippen LogP contribution in [0.3, 0.4) is 0 Å². The molecule has 0 aromatic heterocycles. The van der Waals surface area contributed by atoms with Crippen molar-refractivity contribution in [3.8, 4) is 5.75 Å². The Hall–Kier alpha value is -2.60. The maximum Gasteiger partial charge on any atom is 0.238 e. The summed E-state index contributed by atoms with van der Waals surface area (Å²) in [6.07, 6.45) is 0. The fourth-order valence-electron chi connectivity index (χ4n) is 3.10. The molecular weight excluding hydrogens is 333 g/mol. The lowest BCUT2D eigenvalue weighted by Gasteiger charge is -2.36. The van der Waals surface area contributed by atoms with Gasteiger partial charge in [0.1, 0.15) is 11.6 Å². The molecule has 3 rings (SSSR count). The molecule has 1 amide bonds. The van der Waals surface area contributed by atoms with Gasteiger partial charge in [0.05, 0.1) is 24.5 Å². The molecule has 1 fully saturated rings. The van der Waals surface area contributed by atoms with Gasteiger partial charge in [0.25, 0.3) is 0 Å². The minimum atomic E-state index is -0.418. The van der Waals surface area contributed by atoms with E-state index in [4.69, 9.17) is 4.74 Å². The second-order valence-corrected chi connectivity index (χ2v) is 6.19. The molecule has 0 bridgehead atoms. The third-order valence-corrected chi connectivity index (χ3v) is 4.39. The van der Waals surface area contributed by atoms with Crippen molar-refractivity contribution in [2.24, 2.45) is 0 Å². The topological polar surface area (TPSA) is 44.8 Å².